The number of pyridine rings is 2. The molecule has 12 nitrogen and oxygen atoms in total. The van der Waals surface area contributed by atoms with Gasteiger partial charge < -0.3 is 10.6 Å². The van der Waals surface area contributed by atoms with E-state index in [1.54, 1.807) is 37.6 Å². The molecule has 2 N–H and O–H groups in total. The number of aromatic nitrogens is 8. The molecular formula is C42H30F7N10O2+. The van der Waals surface area contributed by atoms with Gasteiger partial charge in [-0.2, -0.15) is 31.4 Å². The molecule has 2 aromatic carbocycles. The minimum absolute atomic E-state index is 0.000673. The fourth-order valence-corrected chi connectivity index (χ4v) is 7.08. The third-order valence-electron chi connectivity index (χ3n) is 9.74. The van der Waals surface area contributed by atoms with E-state index in [1.807, 2.05) is 0 Å². The number of carbonyl (C=O) groups is 2. The molecule has 0 radical (unpaired) electrons. The molecule has 8 rings (SSSR count). The highest BCUT2D eigenvalue weighted by Gasteiger charge is 2.37. The lowest BCUT2D eigenvalue weighted by Gasteiger charge is -2.12. The second-order valence-corrected chi connectivity index (χ2v) is 13.9. The summed E-state index contributed by atoms with van der Waals surface area (Å²) in [5, 5.41) is 9.68. The maximum atomic E-state index is 14.1. The summed E-state index contributed by atoms with van der Waals surface area (Å²) in [5.74, 6) is -1.93. The number of alkyl halides is 6. The number of aryl methyl sites for hydroxylation is 2. The Balaban J connectivity index is 1.16. The van der Waals surface area contributed by atoms with Crippen LogP contribution in [0.2, 0.25) is 0 Å². The van der Waals surface area contributed by atoms with Gasteiger partial charge in [-0.3, -0.25) is 9.59 Å². The quantitative estimate of drug-likeness (QED) is 0.116. The molecule has 8 aromatic rings. The predicted molar refractivity (Wildman–Crippen MR) is 207 cm³/mol. The maximum Gasteiger partial charge on any atom is 0.417 e. The van der Waals surface area contributed by atoms with Crippen molar-refractivity contribution in [2.45, 2.75) is 39.7 Å². The summed E-state index contributed by atoms with van der Waals surface area (Å²) in [6, 6.07) is 18.3. The van der Waals surface area contributed by atoms with Crippen LogP contribution in [0.4, 0.5) is 42.4 Å². The molecule has 2 amide bonds. The van der Waals surface area contributed by atoms with Crippen LogP contribution in [0.5, 0.6) is 0 Å². The van der Waals surface area contributed by atoms with E-state index in [2.05, 4.69) is 35.7 Å². The van der Waals surface area contributed by atoms with E-state index < -0.39 is 41.1 Å². The zero-order valence-electron chi connectivity index (χ0n) is 32.1. The Morgan fingerprint density at radius 3 is 1.98 bits per heavy atom. The molecule has 0 aliphatic heterocycles. The number of carbonyl (C=O) groups excluding carboxylic acids is 2. The van der Waals surface area contributed by atoms with Crippen molar-refractivity contribution in [1.29, 1.82) is 0 Å². The van der Waals surface area contributed by atoms with Crippen LogP contribution in [0.3, 0.4) is 0 Å². The van der Waals surface area contributed by atoms with Crippen LogP contribution in [0.25, 0.3) is 33.8 Å². The second-order valence-electron chi connectivity index (χ2n) is 13.9. The Morgan fingerprint density at radius 1 is 0.721 bits per heavy atom. The van der Waals surface area contributed by atoms with Gasteiger partial charge in [0.25, 0.3) is 11.8 Å². The van der Waals surface area contributed by atoms with Gasteiger partial charge >= 0.3 is 18.0 Å². The average Bonchev–Trinajstić information content (AvgIpc) is 3.69. The van der Waals surface area contributed by atoms with E-state index in [-0.39, 0.29) is 68.8 Å². The molecule has 6 aromatic heterocycles. The lowest BCUT2D eigenvalue weighted by molar-refractivity contribution is -0.611. The molecule has 0 saturated carbocycles. The van der Waals surface area contributed by atoms with E-state index >= 15 is 0 Å². The Hall–Kier alpha value is -7.57. The number of nitrogens with zero attached hydrogens (tertiary/aromatic N) is 8. The van der Waals surface area contributed by atoms with Gasteiger partial charge in [-0.15, -0.1) is 4.52 Å². The fraction of sp³-hybridized carbons (Fsp3) is 0.143. The van der Waals surface area contributed by atoms with Crippen molar-refractivity contribution < 1.29 is 44.8 Å². The van der Waals surface area contributed by atoms with E-state index in [0.717, 1.165) is 24.4 Å². The van der Waals surface area contributed by atoms with Crippen molar-refractivity contribution in [3.05, 3.63) is 154 Å². The van der Waals surface area contributed by atoms with E-state index in [1.165, 1.54) is 76.0 Å². The molecule has 308 valence electrons. The number of fused-ring (bicyclic) bond motifs is 2. The number of benzene rings is 2. The van der Waals surface area contributed by atoms with Crippen LogP contribution in [0.1, 0.15) is 54.5 Å². The molecule has 61 heavy (non-hydrogen) atoms. The number of anilines is 2. The van der Waals surface area contributed by atoms with Crippen molar-refractivity contribution in [2.24, 2.45) is 0 Å². The number of hydrogen-bond donors (Lipinski definition) is 2. The summed E-state index contributed by atoms with van der Waals surface area (Å²) in [4.78, 5) is 45.1. The molecule has 19 heteroatoms. The molecule has 0 atom stereocenters. The summed E-state index contributed by atoms with van der Waals surface area (Å²) in [6.45, 7) is 4.88. The third-order valence-corrected chi connectivity index (χ3v) is 9.74. The van der Waals surface area contributed by atoms with Gasteiger partial charge in [0, 0.05) is 29.1 Å². The van der Waals surface area contributed by atoms with E-state index in [4.69, 9.17) is 0 Å². The highest BCUT2D eigenvalue weighted by Crippen LogP contribution is 2.38. The molecule has 6 heterocycles. The standard InChI is InChI=1S/C42H29F7N10O2/c1-22-18-25(19-34(51-22)55-39(60)35-23(2)56-57-16-14-31(52-37(35)57)27-8-4-6-10-29(27)41(44,45)46)21-59-24(3)36(40(61)54-33-13-12-26(43)20-50-33)38-53-32(15-17-58(38)59)28-9-5-7-11-30(28)42(47,48)49/h4-20H,21H2,1-3H3,(H-,50,51,54,55,60,61)/p+1. The second kappa shape index (κ2) is 15.2. The summed E-state index contributed by atoms with van der Waals surface area (Å²) in [6.07, 6.45) is -5.55. The number of halogens is 7. The van der Waals surface area contributed by atoms with Gasteiger partial charge in [0.15, 0.2) is 16.9 Å². The Kier molecular flexibility index (Phi) is 10.0. The summed E-state index contributed by atoms with van der Waals surface area (Å²) in [5.41, 5.74) is -0.667. The molecule has 0 unspecified atom stereocenters. The summed E-state index contributed by atoms with van der Waals surface area (Å²) in [7, 11) is 0. The Bertz CT molecular complexity index is 3030. The van der Waals surface area contributed by atoms with Crippen molar-refractivity contribution in [3.8, 4) is 22.5 Å². The number of rotatable bonds is 8. The van der Waals surface area contributed by atoms with Gasteiger partial charge in [0.05, 0.1) is 41.0 Å². The van der Waals surface area contributed by atoms with Crippen LogP contribution in [-0.2, 0) is 18.9 Å². The van der Waals surface area contributed by atoms with Crippen LogP contribution in [0.15, 0.2) is 104 Å². The monoisotopic (exact) mass is 839 g/mol. The van der Waals surface area contributed by atoms with Crippen molar-refractivity contribution in [3.63, 3.8) is 0 Å². The Morgan fingerprint density at radius 2 is 1.34 bits per heavy atom. The fourth-order valence-electron chi connectivity index (χ4n) is 7.08. The van der Waals surface area contributed by atoms with Crippen LogP contribution >= 0.6 is 0 Å². The molecule has 0 aliphatic rings. The zero-order chi connectivity index (χ0) is 43.4. The first kappa shape index (κ1) is 40.2. The third kappa shape index (κ3) is 7.84. The highest BCUT2D eigenvalue weighted by molar-refractivity contribution is 6.09. The number of hydrogen-bond acceptors (Lipinski definition) is 7. The van der Waals surface area contributed by atoms with Crippen LogP contribution < -0.4 is 15.1 Å². The molecule has 0 aliphatic carbocycles. The summed E-state index contributed by atoms with van der Waals surface area (Å²) < 4.78 is 102. The minimum atomic E-state index is -4.70. The zero-order valence-corrected chi connectivity index (χ0v) is 32.1. The van der Waals surface area contributed by atoms with Crippen LogP contribution in [-0.4, -0.2) is 46.0 Å². The molecule has 0 bridgehead atoms. The van der Waals surface area contributed by atoms with Crippen LogP contribution in [0, 0.1) is 26.6 Å². The summed E-state index contributed by atoms with van der Waals surface area (Å²) >= 11 is 0. The normalized spacial score (nSPS) is 12.0. The smallest absolute Gasteiger partial charge is 0.306 e. The van der Waals surface area contributed by atoms with E-state index in [0.29, 0.717) is 17.0 Å². The SMILES string of the molecule is Cc1cc(Cn2c(C)c(C(=O)Nc3ccc(F)cn3)c3nc(-c4ccccc4C(F)(F)F)cc[n+]32)cc(NC(=O)c2c(C)nn3ccc(-c4ccccc4C(F)(F)F)nc23)n1. The van der Waals surface area contributed by atoms with Gasteiger partial charge in [-0.25, -0.2) is 28.5 Å². The van der Waals surface area contributed by atoms with Crippen molar-refractivity contribution >= 4 is 34.7 Å². The Labute approximate surface area is 340 Å². The lowest BCUT2D eigenvalue weighted by Crippen LogP contribution is -2.34. The molecular weight excluding hydrogens is 810 g/mol. The topological polar surface area (TPSA) is 136 Å². The average molecular weight is 840 g/mol. The highest BCUT2D eigenvalue weighted by atomic mass is 19.4. The lowest BCUT2D eigenvalue weighted by atomic mass is 10.0. The van der Waals surface area contributed by atoms with Gasteiger partial charge in [-0.05, 0) is 79.8 Å². The van der Waals surface area contributed by atoms with Gasteiger partial charge in [0.1, 0.15) is 29.2 Å². The predicted octanol–water partition coefficient (Wildman–Crippen LogP) is 8.44. The first-order valence-corrected chi connectivity index (χ1v) is 18.3. The van der Waals surface area contributed by atoms with Crippen molar-refractivity contribution in [2.75, 3.05) is 10.6 Å². The number of amides is 2. The minimum Gasteiger partial charge on any atom is -0.306 e. The van der Waals surface area contributed by atoms with E-state index in [9.17, 15) is 40.3 Å². The molecule has 0 fully saturated rings. The largest absolute Gasteiger partial charge is 0.417 e. The van der Waals surface area contributed by atoms with Gasteiger partial charge in [-0.1, -0.05) is 30.3 Å². The first-order chi connectivity index (χ1) is 29.0. The maximum absolute atomic E-state index is 14.1. The molecule has 0 saturated heterocycles. The first-order valence-electron chi connectivity index (χ1n) is 18.3. The molecule has 0 spiro atoms. The van der Waals surface area contributed by atoms with Gasteiger partial charge in [0.2, 0.25) is 0 Å². The number of nitrogens with one attached hydrogen (secondary N) is 2. The van der Waals surface area contributed by atoms with Crippen molar-refractivity contribution in [1.82, 2.24) is 34.2 Å².